The number of aromatic nitrogens is 1. The van der Waals surface area contributed by atoms with Crippen LogP contribution in [0.2, 0.25) is 0 Å². The lowest BCUT2D eigenvalue weighted by molar-refractivity contribution is 0.0830. The van der Waals surface area contributed by atoms with Gasteiger partial charge in [-0.05, 0) is 18.9 Å². The number of hydrogen-bond acceptors (Lipinski definition) is 2. The molecule has 1 saturated carbocycles. The van der Waals surface area contributed by atoms with E-state index in [1.54, 1.807) is 18.5 Å². The Labute approximate surface area is 70.4 Å². The second-order valence-corrected chi connectivity index (χ2v) is 3.37. The number of aliphatic hydroxyl groups is 1. The number of nitrogens with one attached hydrogen (secondary N) is 1. The molecule has 0 aromatic carbocycles. The minimum absolute atomic E-state index is 0.0169. The van der Waals surface area contributed by atoms with Crippen molar-refractivity contribution < 1.29 is 9.90 Å². The lowest BCUT2D eigenvalue weighted by atomic mass is 9.98. The fourth-order valence-electron chi connectivity index (χ4n) is 1.38. The van der Waals surface area contributed by atoms with Crippen LogP contribution in [0.15, 0.2) is 18.5 Å². The maximum absolute atomic E-state index is 11.6. The van der Waals surface area contributed by atoms with Crippen molar-refractivity contribution in [2.45, 2.75) is 12.8 Å². The van der Waals surface area contributed by atoms with Crippen molar-refractivity contribution in [2.24, 2.45) is 5.41 Å². The number of aliphatic hydroxyl groups excluding tert-OH is 1. The van der Waals surface area contributed by atoms with E-state index in [-0.39, 0.29) is 12.4 Å². The summed E-state index contributed by atoms with van der Waals surface area (Å²) in [6.45, 7) is -0.0169. The molecule has 1 aliphatic carbocycles. The molecule has 0 radical (unpaired) electrons. The number of aromatic amines is 1. The Morgan fingerprint density at radius 2 is 2.42 bits per heavy atom. The van der Waals surface area contributed by atoms with Gasteiger partial charge in [-0.1, -0.05) is 0 Å². The third-order valence-electron chi connectivity index (χ3n) is 2.50. The van der Waals surface area contributed by atoms with Crippen molar-refractivity contribution in [3.8, 4) is 0 Å². The molecule has 0 saturated heterocycles. The quantitative estimate of drug-likeness (QED) is 0.656. The van der Waals surface area contributed by atoms with Crippen LogP contribution in [0.25, 0.3) is 0 Å². The topological polar surface area (TPSA) is 53.1 Å². The zero-order valence-corrected chi connectivity index (χ0v) is 6.71. The van der Waals surface area contributed by atoms with Crippen molar-refractivity contribution >= 4 is 5.78 Å². The van der Waals surface area contributed by atoms with Gasteiger partial charge in [0.25, 0.3) is 0 Å². The minimum atomic E-state index is -0.428. The summed E-state index contributed by atoms with van der Waals surface area (Å²) in [5.41, 5.74) is 0.254. The van der Waals surface area contributed by atoms with Crippen LogP contribution in [-0.2, 0) is 0 Å². The molecule has 1 aromatic heterocycles. The summed E-state index contributed by atoms with van der Waals surface area (Å²) in [6, 6.07) is 1.75. The Bertz CT molecular complexity index is 285. The largest absolute Gasteiger partial charge is 0.395 e. The average molecular weight is 165 g/mol. The summed E-state index contributed by atoms with van der Waals surface area (Å²) in [5, 5.41) is 8.99. The van der Waals surface area contributed by atoms with Gasteiger partial charge in [-0.3, -0.25) is 4.79 Å². The number of hydrogen-bond donors (Lipinski definition) is 2. The van der Waals surface area contributed by atoms with Crippen molar-refractivity contribution in [1.29, 1.82) is 0 Å². The van der Waals surface area contributed by atoms with E-state index in [0.29, 0.717) is 5.56 Å². The molecule has 3 heteroatoms. The SMILES string of the molecule is O=C(c1cc[nH]c1)C1(CO)CC1. The Kier molecular flexibility index (Phi) is 1.54. The minimum Gasteiger partial charge on any atom is -0.395 e. The fourth-order valence-corrected chi connectivity index (χ4v) is 1.38. The summed E-state index contributed by atoms with van der Waals surface area (Å²) in [4.78, 5) is 14.5. The van der Waals surface area contributed by atoms with Crippen LogP contribution >= 0.6 is 0 Å². The molecule has 1 aliphatic rings. The van der Waals surface area contributed by atoms with E-state index in [1.165, 1.54) is 0 Å². The Balaban J connectivity index is 2.21. The van der Waals surface area contributed by atoms with Gasteiger partial charge in [-0.25, -0.2) is 0 Å². The first kappa shape index (κ1) is 7.55. The average Bonchev–Trinajstić information content (AvgIpc) is 2.71. The fraction of sp³-hybridized carbons (Fsp3) is 0.444. The molecule has 3 nitrogen and oxygen atoms in total. The Hall–Kier alpha value is -1.09. The van der Waals surface area contributed by atoms with Gasteiger partial charge in [-0.15, -0.1) is 0 Å². The Morgan fingerprint density at radius 3 is 2.83 bits per heavy atom. The van der Waals surface area contributed by atoms with Gasteiger partial charge in [0.05, 0.1) is 12.0 Å². The predicted octanol–water partition coefficient (Wildman–Crippen LogP) is 0.970. The summed E-state index contributed by atoms with van der Waals surface area (Å²) in [7, 11) is 0. The van der Waals surface area contributed by atoms with E-state index in [1.807, 2.05) is 0 Å². The van der Waals surface area contributed by atoms with Crippen LogP contribution in [0.4, 0.5) is 0 Å². The summed E-state index contributed by atoms with van der Waals surface area (Å²) in [6.07, 6.45) is 5.06. The van der Waals surface area contributed by atoms with Gasteiger partial charge in [0.1, 0.15) is 0 Å². The molecule has 1 fully saturated rings. The highest BCUT2D eigenvalue weighted by Crippen LogP contribution is 2.47. The normalized spacial score (nSPS) is 19.1. The van der Waals surface area contributed by atoms with E-state index in [9.17, 15) is 4.79 Å². The maximum Gasteiger partial charge on any atom is 0.172 e. The number of carbonyl (C=O) groups excluding carboxylic acids is 1. The molecule has 1 aromatic rings. The second kappa shape index (κ2) is 2.45. The molecule has 2 rings (SSSR count). The van der Waals surface area contributed by atoms with E-state index < -0.39 is 5.41 Å². The third kappa shape index (κ3) is 0.975. The number of H-pyrrole nitrogens is 1. The second-order valence-electron chi connectivity index (χ2n) is 3.37. The first-order chi connectivity index (χ1) is 5.78. The molecule has 0 amide bonds. The van der Waals surface area contributed by atoms with E-state index in [4.69, 9.17) is 5.11 Å². The number of ketones is 1. The molecule has 0 aliphatic heterocycles. The molecule has 12 heavy (non-hydrogen) atoms. The van der Waals surface area contributed by atoms with Crippen molar-refractivity contribution in [3.63, 3.8) is 0 Å². The summed E-state index contributed by atoms with van der Waals surface area (Å²) in [5.74, 6) is 0.0752. The molecule has 0 unspecified atom stereocenters. The summed E-state index contributed by atoms with van der Waals surface area (Å²) >= 11 is 0. The van der Waals surface area contributed by atoms with Gasteiger partial charge < -0.3 is 10.1 Å². The first-order valence-corrected chi connectivity index (χ1v) is 4.07. The zero-order chi connectivity index (χ0) is 8.60. The molecule has 0 bridgehead atoms. The third-order valence-corrected chi connectivity index (χ3v) is 2.50. The van der Waals surface area contributed by atoms with Crippen LogP contribution in [0.1, 0.15) is 23.2 Å². The van der Waals surface area contributed by atoms with E-state index in [0.717, 1.165) is 12.8 Å². The van der Waals surface area contributed by atoms with Crippen molar-refractivity contribution in [1.82, 2.24) is 4.98 Å². The van der Waals surface area contributed by atoms with E-state index >= 15 is 0 Å². The molecule has 0 atom stereocenters. The van der Waals surface area contributed by atoms with Gasteiger partial charge in [0, 0.05) is 18.0 Å². The van der Waals surface area contributed by atoms with Gasteiger partial charge in [-0.2, -0.15) is 0 Å². The molecular formula is C9H11NO2. The van der Waals surface area contributed by atoms with Crippen LogP contribution in [0.5, 0.6) is 0 Å². The van der Waals surface area contributed by atoms with Crippen molar-refractivity contribution in [3.05, 3.63) is 24.0 Å². The van der Waals surface area contributed by atoms with Crippen LogP contribution in [0.3, 0.4) is 0 Å². The predicted molar refractivity (Wildman–Crippen MR) is 43.9 cm³/mol. The number of carbonyl (C=O) groups is 1. The van der Waals surface area contributed by atoms with Gasteiger partial charge >= 0.3 is 0 Å². The van der Waals surface area contributed by atoms with Crippen molar-refractivity contribution in [2.75, 3.05) is 6.61 Å². The van der Waals surface area contributed by atoms with Gasteiger partial charge in [0.15, 0.2) is 5.78 Å². The molecule has 1 heterocycles. The molecule has 2 N–H and O–H groups in total. The number of rotatable bonds is 3. The lowest BCUT2D eigenvalue weighted by Crippen LogP contribution is -2.19. The van der Waals surface area contributed by atoms with E-state index in [2.05, 4.69) is 4.98 Å². The highest BCUT2D eigenvalue weighted by atomic mass is 16.3. The monoisotopic (exact) mass is 165 g/mol. The summed E-state index contributed by atoms with van der Waals surface area (Å²) < 4.78 is 0. The highest BCUT2D eigenvalue weighted by Gasteiger charge is 2.49. The molecule has 0 spiro atoms. The smallest absolute Gasteiger partial charge is 0.172 e. The molecular weight excluding hydrogens is 154 g/mol. The van der Waals surface area contributed by atoms with Crippen LogP contribution < -0.4 is 0 Å². The van der Waals surface area contributed by atoms with Gasteiger partial charge in [0.2, 0.25) is 0 Å². The van der Waals surface area contributed by atoms with Crippen LogP contribution in [-0.4, -0.2) is 22.5 Å². The highest BCUT2D eigenvalue weighted by molar-refractivity contribution is 6.02. The number of Topliss-reactive ketones (excluding diaryl/α,β-unsaturated/α-hetero) is 1. The zero-order valence-electron chi connectivity index (χ0n) is 6.71. The lowest BCUT2D eigenvalue weighted by Gasteiger charge is -2.07. The Morgan fingerprint density at radius 1 is 1.67 bits per heavy atom. The molecule has 64 valence electrons. The maximum atomic E-state index is 11.6. The van der Waals surface area contributed by atoms with Crippen LogP contribution in [0, 0.1) is 5.41 Å². The standard InChI is InChI=1S/C9H11NO2/c11-6-9(2-3-9)8(12)7-1-4-10-5-7/h1,4-5,10-11H,2-3,6H2. The first-order valence-electron chi connectivity index (χ1n) is 4.07.